The predicted octanol–water partition coefficient (Wildman–Crippen LogP) is 4.58. The van der Waals surface area contributed by atoms with Crippen LogP contribution in [0.15, 0.2) is 42.7 Å². The fourth-order valence-corrected chi connectivity index (χ4v) is 4.59. The lowest BCUT2D eigenvalue weighted by molar-refractivity contribution is 0.465. The van der Waals surface area contributed by atoms with Crippen molar-refractivity contribution in [2.75, 3.05) is 11.4 Å². The Kier molecular flexibility index (Phi) is 3.98. The number of aromatic nitrogens is 5. The van der Waals surface area contributed by atoms with Crippen molar-refractivity contribution in [2.24, 2.45) is 0 Å². The van der Waals surface area contributed by atoms with Gasteiger partial charge >= 0.3 is 0 Å². The lowest BCUT2D eigenvalue weighted by Crippen LogP contribution is -2.40. The SMILES string of the molecule is Cc1cc2nc([C@]3(C)CCCN3c3c(C)cccc3-n3nccn3)[nH]c2cc1C. The van der Waals surface area contributed by atoms with Gasteiger partial charge in [0.1, 0.15) is 11.5 Å². The van der Waals surface area contributed by atoms with Crippen LogP contribution in [0.3, 0.4) is 0 Å². The molecular formula is C23H26N6. The molecular weight excluding hydrogens is 360 g/mol. The summed E-state index contributed by atoms with van der Waals surface area (Å²) in [5, 5.41) is 8.78. The monoisotopic (exact) mass is 386 g/mol. The molecule has 4 aromatic rings. The summed E-state index contributed by atoms with van der Waals surface area (Å²) in [6, 6.07) is 10.7. The molecule has 1 aliphatic heterocycles. The van der Waals surface area contributed by atoms with E-state index in [1.165, 1.54) is 22.4 Å². The van der Waals surface area contributed by atoms with E-state index in [1.54, 1.807) is 17.2 Å². The van der Waals surface area contributed by atoms with Gasteiger partial charge in [-0.05, 0) is 75.4 Å². The van der Waals surface area contributed by atoms with Crippen molar-refractivity contribution in [3.8, 4) is 5.69 Å². The molecule has 29 heavy (non-hydrogen) atoms. The number of aryl methyl sites for hydroxylation is 3. The molecule has 1 atom stereocenters. The molecule has 0 aliphatic carbocycles. The van der Waals surface area contributed by atoms with Crippen LogP contribution in [0.1, 0.15) is 42.3 Å². The molecule has 0 unspecified atom stereocenters. The van der Waals surface area contributed by atoms with Crippen LogP contribution >= 0.6 is 0 Å². The number of anilines is 1. The second kappa shape index (κ2) is 6.44. The average Bonchev–Trinajstić information content (AvgIpc) is 3.42. The van der Waals surface area contributed by atoms with Gasteiger partial charge in [-0.1, -0.05) is 12.1 Å². The topological polar surface area (TPSA) is 62.6 Å². The van der Waals surface area contributed by atoms with E-state index in [-0.39, 0.29) is 5.54 Å². The molecule has 0 spiro atoms. The standard InChI is InChI=1S/C23H26N6/c1-15-7-5-8-20(29-24-10-11-25-29)21(15)28-12-6-9-23(28,4)22-26-18-13-16(2)17(3)14-19(18)27-22/h5,7-8,10-11,13-14H,6,9,12H2,1-4H3,(H,26,27)/t23-/m0/s1. The van der Waals surface area contributed by atoms with Crippen molar-refractivity contribution in [3.63, 3.8) is 0 Å². The van der Waals surface area contributed by atoms with E-state index in [2.05, 4.69) is 78.1 Å². The van der Waals surface area contributed by atoms with Crippen LogP contribution in [-0.4, -0.2) is 31.5 Å². The van der Waals surface area contributed by atoms with Gasteiger partial charge in [0, 0.05) is 6.54 Å². The van der Waals surface area contributed by atoms with Gasteiger partial charge in [0.05, 0.1) is 34.7 Å². The van der Waals surface area contributed by atoms with Crippen molar-refractivity contribution in [2.45, 2.75) is 46.1 Å². The number of para-hydroxylation sites is 1. The smallest absolute Gasteiger partial charge is 0.132 e. The zero-order valence-corrected chi connectivity index (χ0v) is 17.4. The molecule has 1 saturated heterocycles. The molecule has 2 aromatic heterocycles. The number of rotatable bonds is 3. The van der Waals surface area contributed by atoms with Crippen molar-refractivity contribution in [1.29, 1.82) is 0 Å². The molecule has 0 amide bonds. The molecule has 2 aromatic carbocycles. The highest BCUT2D eigenvalue weighted by Crippen LogP contribution is 2.44. The maximum absolute atomic E-state index is 5.03. The van der Waals surface area contributed by atoms with Gasteiger partial charge in [-0.2, -0.15) is 10.2 Å². The molecule has 3 heterocycles. The second-order valence-corrected chi connectivity index (χ2v) is 8.33. The Bertz CT molecular complexity index is 1150. The Labute approximate surface area is 170 Å². The molecule has 1 fully saturated rings. The number of hydrogen-bond donors (Lipinski definition) is 1. The van der Waals surface area contributed by atoms with Gasteiger partial charge in [-0.25, -0.2) is 4.98 Å². The van der Waals surface area contributed by atoms with Gasteiger partial charge in [0.25, 0.3) is 0 Å². The van der Waals surface area contributed by atoms with E-state index < -0.39 is 0 Å². The summed E-state index contributed by atoms with van der Waals surface area (Å²) in [6.07, 6.45) is 5.61. The molecule has 0 saturated carbocycles. The minimum Gasteiger partial charge on any atom is -0.357 e. The summed E-state index contributed by atoms with van der Waals surface area (Å²) in [5.74, 6) is 1.03. The van der Waals surface area contributed by atoms with Gasteiger partial charge in [0.2, 0.25) is 0 Å². The normalized spacial score (nSPS) is 19.4. The van der Waals surface area contributed by atoms with Crippen molar-refractivity contribution >= 4 is 16.7 Å². The highest BCUT2D eigenvalue weighted by Gasteiger charge is 2.42. The second-order valence-electron chi connectivity index (χ2n) is 8.33. The van der Waals surface area contributed by atoms with Crippen LogP contribution in [0.5, 0.6) is 0 Å². The number of hydrogen-bond acceptors (Lipinski definition) is 4. The zero-order chi connectivity index (χ0) is 20.2. The summed E-state index contributed by atoms with van der Waals surface area (Å²) in [6.45, 7) is 9.72. The number of nitrogens with one attached hydrogen (secondary N) is 1. The van der Waals surface area contributed by atoms with Crippen LogP contribution < -0.4 is 4.90 Å². The van der Waals surface area contributed by atoms with E-state index in [0.29, 0.717) is 0 Å². The Morgan fingerprint density at radius 3 is 2.55 bits per heavy atom. The van der Waals surface area contributed by atoms with Gasteiger partial charge in [-0.3, -0.25) is 0 Å². The molecule has 1 N–H and O–H groups in total. The Balaban J connectivity index is 1.66. The molecule has 6 heteroatoms. The first-order valence-corrected chi connectivity index (χ1v) is 10.2. The molecule has 148 valence electrons. The van der Waals surface area contributed by atoms with E-state index in [0.717, 1.165) is 41.9 Å². The summed E-state index contributed by atoms with van der Waals surface area (Å²) >= 11 is 0. The molecule has 6 nitrogen and oxygen atoms in total. The Hall–Kier alpha value is -3.15. The van der Waals surface area contributed by atoms with Crippen molar-refractivity contribution < 1.29 is 0 Å². The van der Waals surface area contributed by atoms with Gasteiger partial charge in [-0.15, -0.1) is 4.80 Å². The Morgan fingerprint density at radius 1 is 1.00 bits per heavy atom. The molecule has 1 aliphatic rings. The third-order valence-corrected chi connectivity index (χ3v) is 6.37. The number of fused-ring (bicyclic) bond motifs is 1. The first-order valence-electron chi connectivity index (χ1n) is 10.2. The van der Waals surface area contributed by atoms with Crippen LogP contribution in [0.2, 0.25) is 0 Å². The molecule has 5 rings (SSSR count). The number of H-pyrrole nitrogens is 1. The number of aromatic amines is 1. The summed E-state index contributed by atoms with van der Waals surface area (Å²) in [5.41, 5.74) is 7.89. The van der Waals surface area contributed by atoms with Crippen LogP contribution in [0.4, 0.5) is 5.69 Å². The maximum Gasteiger partial charge on any atom is 0.132 e. The third kappa shape index (κ3) is 2.74. The highest BCUT2D eigenvalue weighted by molar-refractivity contribution is 5.78. The maximum atomic E-state index is 5.03. The first-order chi connectivity index (χ1) is 14.0. The van der Waals surface area contributed by atoms with Gasteiger partial charge in [0.15, 0.2) is 0 Å². The fraction of sp³-hybridized carbons (Fsp3) is 0.348. The fourth-order valence-electron chi connectivity index (χ4n) is 4.59. The minimum absolute atomic E-state index is 0.213. The summed E-state index contributed by atoms with van der Waals surface area (Å²) in [7, 11) is 0. The van der Waals surface area contributed by atoms with E-state index in [9.17, 15) is 0 Å². The van der Waals surface area contributed by atoms with Crippen LogP contribution in [0.25, 0.3) is 16.7 Å². The number of benzene rings is 2. The van der Waals surface area contributed by atoms with Gasteiger partial charge < -0.3 is 9.88 Å². The van der Waals surface area contributed by atoms with Crippen molar-refractivity contribution in [3.05, 3.63) is 65.2 Å². The summed E-state index contributed by atoms with van der Waals surface area (Å²) in [4.78, 5) is 12.9. The average molecular weight is 387 g/mol. The van der Waals surface area contributed by atoms with Crippen LogP contribution in [0, 0.1) is 20.8 Å². The van der Waals surface area contributed by atoms with Crippen LogP contribution in [-0.2, 0) is 5.54 Å². The number of nitrogens with zero attached hydrogens (tertiary/aromatic N) is 5. The minimum atomic E-state index is -0.213. The Morgan fingerprint density at radius 2 is 1.76 bits per heavy atom. The first kappa shape index (κ1) is 17.9. The lowest BCUT2D eigenvalue weighted by atomic mass is 9.96. The van der Waals surface area contributed by atoms with E-state index in [1.807, 2.05) is 0 Å². The quantitative estimate of drug-likeness (QED) is 0.560. The largest absolute Gasteiger partial charge is 0.357 e. The summed E-state index contributed by atoms with van der Waals surface area (Å²) < 4.78 is 0. The highest BCUT2D eigenvalue weighted by atomic mass is 15.5. The van der Waals surface area contributed by atoms with E-state index in [4.69, 9.17) is 4.98 Å². The van der Waals surface area contributed by atoms with E-state index >= 15 is 0 Å². The molecule has 0 bridgehead atoms. The zero-order valence-electron chi connectivity index (χ0n) is 17.4. The third-order valence-electron chi connectivity index (χ3n) is 6.37. The molecule has 0 radical (unpaired) electrons. The number of imidazole rings is 1. The lowest BCUT2D eigenvalue weighted by Gasteiger charge is -2.37. The predicted molar refractivity (Wildman–Crippen MR) is 116 cm³/mol. The van der Waals surface area contributed by atoms with Crippen molar-refractivity contribution in [1.82, 2.24) is 25.0 Å².